The van der Waals surface area contributed by atoms with Gasteiger partial charge in [0.05, 0.1) is 28.9 Å². The lowest BCUT2D eigenvalue weighted by molar-refractivity contribution is -0.137. The highest BCUT2D eigenvalue weighted by Gasteiger charge is 2.32. The number of hydrogen-bond donors (Lipinski definition) is 1. The molecule has 1 fully saturated rings. The highest BCUT2D eigenvalue weighted by Crippen LogP contribution is 2.32. The van der Waals surface area contributed by atoms with Crippen molar-refractivity contribution in [1.82, 2.24) is 30.1 Å². The van der Waals surface area contributed by atoms with Gasteiger partial charge in [-0.25, -0.2) is 0 Å². The Kier molecular flexibility index (Phi) is 5.56. The molecule has 8 nitrogen and oxygen atoms in total. The summed E-state index contributed by atoms with van der Waals surface area (Å²) in [5, 5.41) is 11.7. The summed E-state index contributed by atoms with van der Waals surface area (Å²) in [5.74, 6) is 0.357. The van der Waals surface area contributed by atoms with Gasteiger partial charge < -0.3 is 9.42 Å². The first-order valence-corrected chi connectivity index (χ1v) is 10.8. The van der Waals surface area contributed by atoms with E-state index in [-0.39, 0.29) is 23.3 Å². The maximum atomic E-state index is 13.1. The molecule has 0 aliphatic carbocycles. The molecule has 2 aromatic heterocycles. The van der Waals surface area contributed by atoms with E-state index in [2.05, 4.69) is 25.2 Å². The Balaban J connectivity index is 1.25. The maximum Gasteiger partial charge on any atom is 0.416 e. The monoisotopic (exact) mass is 470 g/mol. The van der Waals surface area contributed by atoms with E-state index in [1.165, 1.54) is 12.1 Å². The number of aromatic amines is 1. The van der Waals surface area contributed by atoms with Crippen molar-refractivity contribution in [3.63, 3.8) is 0 Å². The van der Waals surface area contributed by atoms with Gasteiger partial charge in [-0.1, -0.05) is 29.4 Å². The number of nitrogens with zero attached hydrogens (tertiary/aromatic N) is 5. The van der Waals surface area contributed by atoms with Gasteiger partial charge in [0.15, 0.2) is 0 Å². The third kappa shape index (κ3) is 4.14. The Morgan fingerprint density at radius 1 is 1.12 bits per heavy atom. The molecule has 1 amide bonds. The minimum atomic E-state index is -4.45. The number of nitrogens with one attached hydrogen (secondary N) is 1. The first kappa shape index (κ1) is 22.1. The van der Waals surface area contributed by atoms with Crippen molar-refractivity contribution in [2.45, 2.75) is 19.1 Å². The van der Waals surface area contributed by atoms with Crippen LogP contribution in [-0.4, -0.2) is 62.2 Å². The van der Waals surface area contributed by atoms with Crippen LogP contribution in [0.4, 0.5) is 13.2 Å². The van der Waals surface area contributed by atoms with E-state index in [1.54, 1.807) is 17.2 Å². The molecular formula is C23H21F3N6O2. The maximum absolute atomic E-state index is 13.1. The Morgan fingerprint density at radius 2 is 1.88 bits per heavy atom. The van der Waals surface area contributed by atoms with Crippen LogP contribution in [0, 0.1) is 0 Å². The Labute approximate surface area is 192 Å². The van der Waals surface area contributed by atoms with Gasteiger partial charge in [0.25, 0.3) is 5.91 Å². The van der Waals surface area contributed by atoms with E-state index in [1.807, 2.05) is 19.1 Å². The van der Waals surface area contributed by atoms with Gasteiger partial charge in [0.2, 0.25) is 11.7 Å². The first-order chi connectivity index (χ1) is 16.3. The number of carbonyl (C=O) groups excluding carboxylic acids is 1. The van der Waals surface area contributed by atoms with Gasteiger partial charge >= 0.3 is 6.18 Å². The number of H-pyrrole nitrogens is 1. The van der Waals surface area contributed by atoms with Crippen LogP contribution in [0.5, 0.6) is 0 Å². The van der Waals surface area contributed by atoms with Crippen LogP contribution in [0.3, 0.4) is 0 Å². The summed E-state index contributed by atoms with van der Waals surface area (Å²) in [4.78, 5) is 21.3. The molecule has 176 valence electrons. The smallest absolute Gasteiger partial charge is 0.337 e. The van der Waals surface area contributed by atoms with E-state index in [4.69, 9.17) is 4.52 Å². The molecule has 5 rings (SSSR count). The number of carbonyl (C=O) groups is 1. The first-order valence-electron chi connectivity index (χ1n) is 10.8. The topological polar surface area (TPSA) is 91.2 Å². The van der Waals surface area contributed by atoms with Crippen LogP contribution in [0.25, 0.3) is 22.3 Å². The summed E-state index contributed by atoms with van der Waals surface area (Å²) in [7, 11) is 0. The molecule has 0 radical (unpaired) electrons. The number of rotatable bonds is 4. The zero-order valence-electron chi connectivity index (χ0n) is 18.2. The number of fused-ring (bicyclic) bond motifs is 1. The van der Waals surface area contributed by atoms with Gasteiger partial charge in [-0.3, -0.25) is 14.8 Å². The second kappa shape index (κ2) is 8.56. The molecule has 0 bridgehead atoms. The number of alkyl halides is 3. The second-order valence-corrected chi connectivity index (χ2v) is 8.18. The van der Waals surface area contributed by atoms with E-state index in [0.29, 0.717) is 37.6 Å². The largest absolute Gasteiger partial charge is 0.416 e. The summed E-state index contributed by atoms with van der Waals surface area (Å²) in [6.07, 6.45) is -2.76. The highest BCUT2D eigenvalue weighted by molar-refractivity contribution is 6.05. The molecule has 1 aliphatic heterocycles. The van der Waals surface area contributed by atoms with Crippen LogP contribution in [0.1, 0.15) is 34.8 Å². The molecule has 1 saturated heterocycles. The lowest BCUT2D eigenvalue weighted by atomic mass is 10.1. The average Bonchev–Trinajstić information content (AvgIpc) is 3.53. The number of benzene rings is 2. The second-order valence-electron chi connectivity index (χ2n) is 8.18. The molecule has 4 aromatic rings. The van der Waals surface area contributed by atoms with Crippen molar-refractivity contribution in [2.75, 3.05) is 26.2 Å². The lowest BCUT2D eigenvalue weighted by Crippen LogP contribution is -2.49. The number of amides is 1. The van der Waals surface area contributed by atoms with Crippen LogP contribution >= 0.6 is 0 Å². The normalized spacial score (nSPS) is 16.2. The predicted octanol–water partition coefficient (Wildman–Crippen LogP) is 4.15. The Hall–Kier alpha value is -3.73. The van der Waals surface area contributed by atoms with Crippen LogP contribution < -0.4 is 0 Å². The zero-order valence-corrected chi connectivity index (χ0v) is 18.2. The molecule has 1 N–H and O–H groups in total. The summed E-state index contributed by atoms with van der Waals surface area (Å²) < 4.78 is 44.4. The minimum absolute atomic E-state index is 0.0632. The van der Waals surface area contributed by atoms with Crippen molar-refractivity contribution in [3.8, 4) is 11.4 Å². The zero-order chi connectivity index (χ0) is 23.9. The van der Waals surface area contributed by atoms with Gasteiger partial charge in [-0.05, 0) is 25.1 Å². The number of aromatic nitrogens is 4. The quantitative estimate of drug-likeness (QED) is 0.482. The van der Waals surface area contributed by atoms with Crippen molar-refractivity contribution in [2.24, 2.45) is 0 Å². The number of halogens is 3. The van der Waals surface area contributed by atoms with E-state index >= 15 is 0 Å². The van der Waals surface area contributed by atoms with E-state index < -0.39 is 11.7 Å². The molecule has 3 heterocycles. The third-order valence-electron chi connectivity index (χ3n) is 6.10. The van der Waals surface area contributed by atoms with Gasteiger partial charge in [-0.15, -0.1) is 0 Å². The summed E-state index contributed by atoms with van der Waals surface area (Å²) in [6, 6.07) is 10.1. The Bertz CT molecular complexity index is 1320. The van der Waals surface area contributed by atoms with Gasteiger partial charge in [0.1, 0.15) is 0 Å². The van der Waals surface area contributed by atoms with Crippen molar-refractivity contribution in [3.05, 3.63) is 65.7 Å². The van der Waals surface area contributed by atoms with Crippen LogP contribution in [-0.2, 0) is 6.18 Å². The molecule has 1 aliphatic rings. The standard InChI is InChI=1S/C23H21F3N6O2/c1-14(21-28-20(30-34-21)15-4-2-6-17(12-15)23(24,25)26)31-8-10-32(11-9-31)22(33)18-7-3-5-16-13-27-29-19(16)18/h2-7,12-14H,8-11H2,1H3,(H,27,29). The summed E-state index contributed by atoms with van der Waals surface area (Å²) >= 11 is 0. The minimum Gasteiger partial charge on any atom is -0.337 e. The highest BCUT2D eigenvalue weighted by atomic mass is 19.4. The molecule has 0 spiro atoms. The predicted molar refractivity (Wildman–Crippen MR) is 117 cm³/mol. The SMILES string of the molecule is CC(c1nc(-c2cccc(C(F)(F)F)c2)no1)N1CCN(C(=O)c2cccc3cn[nH]c23)CC1. The van der Waals surface area contributed by atoms with Gasteiger partial charge in [-0.2, -0.15) is 23.3 Å². The fourth-order valence-electron chi connectivity index (χ4n) is 4.14. The number of hydrogen-bond acceptors (Lipinski definition) is 6. The summed E-state index contributed by atoms with van der Waals surface area (Å²) in [6.45, 7) is 4.11. The number of para-hydroxylation sites is 1. The fourth-order valence-corrected chi connectivity index (χ4v) is 4.14. The lowest BCUT2D eigenvalue weighted by Gasteiger charge is -2.36. The van der Waals surface area contributed by atoms with E-state index in [9.17, 15) is 18.0 Å². The molecular weight excluding hydrogens is 449 g/mol. The molecule has 1 atom stereocenters. The Morgan fingerprint density at radius 3 is 2.65 bits per heavy atom. The molecule has 11 heteroatoms. The average molecular weight is 470 g/mol. The number of piperazine rings is 1. The molecule has 2 aromatic carbocycles. The van der Waals surface area contributed by atoms with Crippen LogP contribution in [0.2, 0.25) is 0 Å². The van der Waals surface area contributed by atoms with Crippen molar-refractivity contribution < 1.29 is 22.5 Å². The third-order valence-corrected chi connectivity index (χ3v) is 6.10. The van der Waals surface area contributed by atoms with Gasteiger partial charge in [0, 0.05) is 37.1 Å². The summed E-state index contributed by atoms with van der Waals surface area (Å²) in [5.41, 5.74) is 0.770. The van der Waals surface area contributed by atoms with Crippen molar-refractivity contribution >= 4 is 16.8 Å². The van der Waals surface area contributed by atoms with E-state index in [0.717, 1.165) is 23.0 Å². The van der Waals surface area contributed by atoms with Crippen molar-refractivity contribution in [1.29, 1.82) is 0 Å². The molecule has 1 unspecified atom stereocenters. The molecule has 0 saturated carbocycles. The van der Waals surface area contributed by atoms with Crippen LogP contribution in [0.15, 0.2) is 53.2 Å². The fraction of sp³-hybridized carbons (Fsp3) is 0.304. The molecule has 34 heavy (non-hydrogen) atoms.